The Bertz CT molecular complexity index is 3780. The van der Waals surface area contributed by atoms with Crippen LogP contribution in [0.3, 0.4) is 0 Å². The predicted molar refractivity (Wildman–Crippen MR) is 257 cm³/mol. The van der Waals surface area contributed by atoms with Crippen molar-refractivity contribution in [2.24, 2.45) is 0 Å². The van der Waals surface area contributed by atoms with E-state index in [1.807, 2.05) is 13.8 Å². The van der Waals surface area contributed by atoms with E-state index in [1.165, 1.54) is 32.6 Å². The molecule has 11 aromatic rings. The summed E-state index contributed by atoms with van der Waals surface area (Å²) >= 11 is 0. The molecule has 5 heteroatoms. The van der Waals surface area contributed by atoms with E-state index in [0.29, 0.717) is 0 Å². The van der Waals surface area contributed by atoms with Gasteiger partial charge in [0.25, 0.3) is 0 Å². The van der Waals surface area contributed by atoms with Crippen molar-refractivity contribution in [1.29, 1.82) is 0 Å². The average molecular weight is 817 g/mol. The molecular weight excluding hydrogens is 771 g/mol. The summed E-state index contributed by atoms with van der Waals surface area (Å²) in [4.78, 5) is 0. The van der Waals surface area contributed by atoms with Crippen molar-refractivity contribution in [2.45, 2.75) is 45.0 Å². The summed E-state index contributed by atoms with van der Waals surface area (Å²) in [7, 11) is -2.04. The predicted octanol–water partition coefficient (Wildman–Crippen LogP) is 13.0. The highest BCUT2D eigenvalue weighted by molar-refractivity contribution is 6.89. The number of imidazole rings is 1. The van der Waals surface area contributed by atoms with Crippen LogP contribution in [0.5, 0.6) is 0 Å². The first-order valence-electron chi connectivity index (χ1n) is 22.3. The lowest BCUT2D eigenvalue weighted by atomic mass is 9.88. The Morgan fingerprint density at radius 1 is 0.613 bits per heavy atom. The third-order valence-corrected chi connectivity index (χ3v) is 15.8. The number of aromatic nitrogens is 3. The van der Waals surface area contributed by atoms with Gasteiger partial charge in [-0.25, -0.2) is 0 Å². The second kappa shape index (κ2) is 12.5. The summed E-state index contributed by atoms with van der Waals surface area (Å²) in [6.07, 6.45) is 2.46. The van der Waals surface area contributed by atoms with Crippen molar-refractivity contribution in [3.8, 4) is 39.5 Å². The highest BCUT2D eigenvalue weighted by Crippen LogP contribution is 2.53. The first-order valence-corrected chi connectivity index (χ1v) is 25.3. The zero-order valence-electron chi connectivity index (χ0n) is 36.5. The molecule has 1 spiro atoms. The molecule has 0 saturated heterocycles. The fourth-order valence-electron chi connectivity index (χ4n) is 11.2. The van der Waals surface area contributed by atoms with Gasteiger partial charge in [-0.1, -0.05) is 143 Å². The Hall–Kier alpha value is -7.08. The molecule has 2 aliphatic heterocycles. The summed E-state index contributed by atoms with van der Waals surface area (Å²) in [6.45, 7) is 11.3. The van der Waals surface area contributed by atoms with E-state index in [9.17, 15) is 1.37 Å². The lowest BCUT2D eigenvalue weighted by Gasteiger charge is -2.25. The lowest BCUT2D eigenvalue weighted by molar-refractivity contribution is -0.944. The number of furan rings is 1. The van der Waals surface area contributed by atoms with Gasteiger partial charge in [0.15, 0.2) is 22.8 Å². The molecule has 0 aliphatic carbocycles. The molecule has 1 unspecified atom stereocenters. The topological polar surface area (TPSA) is 25.8 Å². The minimum absolute atomic E-state index is 0.793. The summed E-state index contributed by atoms with van der Waals surface area (Å²) < 4.78 is 24.8. The van der Waals surface area contributed by atoms with Crippen LogP contribution < -0.4 is 14.3 Å². The van der Waals surface area contributed by atoms with Crippen LogP contribution in [0.1, 0.15) is 37.8 Å². The number of nitrogens with zero attached hydrogens (tertiary/aromatic N) is 3. The largest absolute Gasteiger partial charge is 0.454 e. The first kappa shape index (κ1) is 34.6. The average Bonchev–Trinajstić information content (AvgIpc) is 4.02. The molecule has 1 atom stereocenters. The van der Waals surface area contributed by atoms with Crippen molar-refractivity contribution in [3.05, 3.63) is 193 Å². The third-order valence-electron chi connectivity index (χ3n) is 13.8. The molecule has 0 N–H and O–H groups in total. The van der Waals surface area contributed by atoms with Crippen molar-refractivity contribution in [2.75, 3.05) is 0 Å². The molecule has 0 radical (unpaired) electrons. The summed E-state index contributed by atoms with van der Waals surface area (Å²) in [6, 6.07) is 62.2. The van der Waals surface area contributed by atoms with Gasteiger partial charge in [0.2, 0.25) is 5.69 Å². The Morgan fingerprint density at radius 2 is 1.26 bits per heavy atom. The number of benzene rings is 8. The number of pyridine rings is 1. The van der Waals surface area contributed by atoms with Crippen LogP contribution >= 0.6 is 0 Å². The van der Waals surface area contributed by atoms with Crippen molar-refractivity contribution in [1.82, 2.24) is 4.57 Å². The zero-order chi connectivity index (χ0) is 42.6. The van der Waals surface area contributed by atoms with Gasteiger partial charge in [-0.2, -0.15) is 4.57 Å². The van der Waals surface area contributed by atoms with Gasteiger partial charge in [0.1, 0.15) is 16.8 Å². The molecule has 296 valence electrons. The molecule has 0 saturated carbocycles. The molecule has 4 nitrogen and oxygen atoms in total. The lowest BCUT2D eigenvalue weighted by Crippen LogP contribution is -2.72. The number of para-hydroxylation sites is 1. The van der Waals surface area contributed by atoms with Gasteiger partial charge in [-0.15, -0.1) is 9.13 Å². The maximum Gasteiger partial charge on any atom is 0.364 e. The molecule has 0 fully saturated rings. The molecule has 2 aliphatic rings. The van der Waals surface area contributed by atoms with E-state index in [1.54, 1.807) is 0 Å². The minimum atomic E-state index is -2.04. The van der Waals surface area contributed by atoms with E-state index in [4.69, 9.17) is 4.42 Å². The molecule has 0 amide bonds. The van der Waals surface area contributed by atoms with Gasteiger partial charge >= 0.3 is 11.5 Å². The van der Waals surface area contributed by atoms with Crippen molar-refractivity contribution < 1.29 is 14.9 Å². The molecule has 3 aromatic heterocycles. The van der Waals surface area contributed by atoms with Crippen LogP contribution in [0.15, 0.2) is 180 Å². The second-order valence-electron chi connectivity index (χ2n) is 18.5. The van der Waals surface area contributed by atoms with E-state index >= 15 is 0 Å². The fourth-order valence-corrected chi connectivity index (χ4v) is 12.8. The summed E-state index contributed by atoms with van der Waals surface area (Å²) in [5.41, 5.74) is 13.5. The van der Waals surface area contributed by atoms with Gasteiger partial charge < -0.3 is 4.42 Å². The number of rotatable bonds is 4. The Morgan fingerprint density at radius 3 is 2.05 bits per heavy atom. The SMILES string of the molecule is [2H]C(C)(C)c1cc2[n+](cc1[Si](C)(C)C)C1(c3ccccc3-2)c2ccc3c(oc4c5ccccc5ccc34)c2-c2n(-c3ccccc3-c3ccccc3)c3ccc4ccccc4c3[n+]21. The molecular formula is C57H45N3OSi+2. The van der Waals surface area contributed by atoms with E-state index in [0.717, 1.165) is 83.2 Å². The van der Waals surface area contributed by atoms with Gasteiger partial charge in [-0.05, 0) is 82.4 Å². The Kier molecular flexibility index (Phi) is 6.98. The zero-order valence-corrected chi connectivity index (χ0v) is 36.5. The van der Waals surface area contributed by atoms with E-state index in [2.05, 4.69) is 209 Å². The molecule has 5 heterocycles. The maximum atomic E-state index is 9.56. The summed E-state index contributed by atoms with van der Waals surface area (Å²) in [5, 5.41) is 8.15. The van der Waals surface area contributed by atoms with Crippen molar-refractivity contribution in [3.63, 3.8) is 0 Å². The monoisotopic (exact) mass is 816 g/mol. The van der Waals surface area contributed by atoms with Gasteiger partial charge in [-0.3, -0.25) is 0 Å². The van der Waals surface area contributed by atoms with Gasteiger partial charge in [0, 0.05) is 39.7 Å². The normalized spacial score (nSPS) is 15.8. The van der Waals surface area contributed by atoms with Crippen molar-refractivity contribution >= 4 is 67.8 Å². The molecule has 13 rings (SSSR count). The third kappa shape index (κ3) is 4.51. The maximum absolute atomic E-state index is 9.56. The van der Waals surface area contributed by atoms with Gasteiger partial charge in [0.05, 0.1) is 24.8 Å². The van der Waals surface area contributed by atoms with E-state index < -0.39 is 19.6 Å². The van der Waals surface area contributed by atoms with Crippen LogP contribution in [-0.2, 0) is 5.66 Å². The standard InChI is InChI=1S/C57H45N3OSi/c1-35(2)45-33-50-44-24-13-15-25-46(44)57(58(50)34-51(45)62(3,4)5)47-31-30-43-42-29-27-38-20-10-12-23-41(38)54(42)61-55(43)52(47)56-59(48-26-16-14-21-39(48)36-17-7-6-8-18-36)49-32-28-37-19-9-11-22-40(37)53(49)60(56)57/h6-35H,1-5H3/q+2/i35D. The number of hydrogen-bond donors (Lipinski definition) is 0. The Labute approximate surface area is 363 Å². The van der Waals surface area contributed by atoms with Crippen LogP contribution in [-0.4, -0.2) is 12.6 Å². The van der Waals surface area contributed by atoms with Crippen LogP contribution in [0, 0.1) is 0 Å². The Balaban J connectivity index is 1.31. The van der Waals surface area contributed by atoms with Crippen LogP contribution in [0.4, 0.5) is 0 Å². The molecule has 0 bridgehead atoms. The minimum Gasteiger partial charge on any atom is -0.454 e. The van der Waals surface area contributed by atoms with Crippen LogP contribution in [0.25, 0.3) is 94.0 Å². The smallest absolute Gasteiger partial charge is 0.364 e. The molecule has 62 heavy (non-hydrogen) atoms. The fraction of sp³-hybridized carbons (Fsp3) is 0.123. The molecule has 8 aromatic carbocycles. The van der Waals surface area contributed by atoms with Crippen LogP contribution in [0.2, 0.25) is 19.6 Å². The quantitative estimate of drug-likeness (QED) is 0.128. The number of fused-ring (bicyclic) bond motifs is 20. The summed E-state index contributed by atoms with van der Waals surface area (Å²) in [5.74, 6) is 0.279. The highest BCUT2D eigenvalue weighted by Gasteiger charge is 2.67. The second-order valence-corrected chi connectivity index (χ2v) is 23.5. The van der Waals surface area contributed by atoms with E-state index in [-0.39, 0.29) is 0 Å². The first-order chi connectivity index (χ1) is 30.5. The highest BCUT2D eigenvalue weighted by atomic mass is 28.3. The number of hydrogen-bond acceptors (Lipinski definition) is 1.